The molecule has 7 heteroatoms. The van der Waals surface area contributed by atoms with Gasteiger partial charge in [0.1, 0.15) is 11.1 Å². The molecule has 0 aromatic carbocycles. The van der Waals surface area contributed by atoms with Gasteiger partial charge in [0.15, 0.2) is 0 Å². The van der Waals surface area contributed by atoms with Crippen LogP contribution in [-0.2, 0) is 14.3 Å². The molecule has 6 nitrogen and oxygen atoms in total. The quantitative estimate of drug-likeness (QED) is 0.304. The first-order chi connectivity index (χ1) is 17.2. The number of allylic oxidation sites excluding steroid dienone is 1. The van der Waals surface area contributed by atoms with E-state index < -0.39 is 5.97 Å². The van der Waals surface area contributed by atoms with Crippen molar-refractivity contribution in [2.45, 2.75) is 103 Å². The van der Waals surface area contributed by atoms with Gasteiger partial charge >= 0.3 is 11.9 Å². The first kappa shape index (κ1) is 25.7. The van der Waals surface area contributed by atoms with Crippen LogP contribution in [0.4, 0.5) is 0 Å². The third kappa shape index (κ3) is 4.61. The van der Waals surface area contributed by atoms with Gasteiger partial charge in [0, 0.05) is 12.3 Å². The van der Waals surface area contributed by atoms with E-state index in [1.165, 1.54) is 36.3 Å². The average Bonchev–Trinajstić information content (AvgIpc) is 3.45. The number of carbonyl (C=O) groups excluding carboxylic acids is 1. The van der Waals surface area contributed by atoms with Gasteiger partial charge in [0.05, 0.1) is 24.8 Å². The van der Waals surface area contributed by atoms with Crippen molar-refractivity contribution in [3.05, 3.63) is 22.0 Å². The number of thiazole rings is 1. The lowest BCUT2D eigenvalue weighted by molar-refractivity contribution is -0.154. The number of carboxylic acid groups (broad SMARTS) is 1. The number of hydrogen-bond donors (Lipinski definition) is 1. The molecule has 0 amide bonds. The van der Waals surface area contributed by atoms with Gasteiger partial charge in [-0.1, -0.05) is 32.4 Å². The molecule has 36 heavy (non-hydrogen) atoms. The molecule has 1 aromatic rings. The van der Waals surface area contributed by atoms with Crippen LogP contribution in [0.25, 0.3) is 0 Å². The Hall–Kier alpha value is -1.89. The zero-order valence-electron chi connectivity index (χ0n) is 22.0. The van der Waals surface area contributed by atoms with Crippen LogP contribution >= 0.6 is 11.3 Å². The average molecular weight is 516 g/mol. The Morgan fingerprint density at radius 2 is 1.97 bits per heavy atom. The topological polar surface area (TPSA) is 85.7 Å². The van der Waals surface area contributed by atoms with E-state index in [1.807, 2.05) is 0 Å². The Morgan fingerprint density at radius 1 is 1.14 bits per heavy atom. The first-order valence-corrected chi connectivity index (χ1v) is 14.8. The molecule has 5 rings (SSSR count). The summed E-state index contributed by atoms with van der Waals surface area (Å²) in [4.78, 5) is 27.8. The number of carboxylic acids is 1. The van der Waals surface area contributed by atoms with Crippen molar-refractivity contribution in [2.24, 2.45) is 28.6 Å². The van der Waals surface area contributed by atoms with Gasteiger partial charge in [-0.05, 0) is 80.0 Å². The second-order valence-corrected chi connectivity index (χ2v) is 12.9. The zero-order chi connectivity index (χ0) is 25.5. The SMILES string of the molecule is CCCOc1csc([C@H]2CCC3[C@@H]4CC=C5C[C@@H](OC(=O)CCC(=O)O)CC[C@]5(C)C4CC[C@@]32C)n1. The Morgan fingerprint density at radius 3 is 2.75 bits per heavy atom. The highest BCUT2D eigenvalue weighted by molar-refractivity contribution is 7.09. The lowest BCUT2D eigenvalue weighted by Crippen LogP contribution is -2.50. The zero-order valence-corrected chi connectivity index (χ0v) is 22.8. The molecular formula is C29H41NO5S. The summed E-state index contributed by atoms with van der Waals surface area (Å²) in [6.07, 6.45) is 12.1. The van der Waals surface area contributed by atoms with Crippen molar-refractivity contribution in [3.63, 3.8) is 0 Å². The molecule has 7 atom stereocenters. The molecule has 4 aliphatic rings. The fourth-order valence-electron chi connectivity index (χ4n) is 8.29. The molecule has 0 radical (unpaired) electrons. The number of carbonyl (C=O) groups is 2. The van der Waals surface area contributed by atoms with Crippen LogP contribution in [0.1, 0.15) is 102 Å². The molecule has 0 bridgehead atoms. The second kappa shape index (κ2) is 10.1. The fraction of sp³-hybridized carbons (Fsp3) is 0.759. The molecule has 3 saturated carbocycles. The van der Waals surface area contributed by atoms with Crippen molar-refractivity contribution in [2.75, 3.05) is 6.61 Å². The Labute approximate surface area is 218 Å². The van der Waals surface area contributed by atoms with Crippen LogP contribution in [0.5, 0.6) is 5.88 Å². The van der Waals surface area contributed by atoms with Crippen LogP contribution < -0.4 is 4.74 Å². The number of esters is 1. The minimum absolute atomic E-state index is 0.0421. The van der Waals surface area contributed by atoms with Crippen LogP contribution in [0.3, 0.4) is 0 Å². The van der Waals surface area contributed by atoms with Gasteiger partial charge < -0.3 is 14.6 Å². The molecule has 1 aromatic heterocycles. The van der Waals surface area contributed by atoms with Gasteiger partial charge in [-0.25, -0.2) is 4.98 Å². The first-order valence-electron chi connectivity index (χ1n) is 13.9. The van der Waals surface area contributed by atoms with Crippen LogP contribution in [0.2, 0.25) is 0 Å². The van der Waals surface area contributed by atoms with Crippen LogP contribution in [0.15, 0.2) is 17.0 Å². The van der Waals surface area contributed by atoms with Crippen LogP contribution in [-0.4, -0.2) is 34.7 Å². The highest BCUT2D eigenvalue weighted by atomic mass is 32.1. The number of aliphatic carboxylic acids is 1. The van der Waals surface area contributed by atoms with E-state index >= 15 is 0 Å². The van der Waals surface area contributed by atoms with Gasteiger partial charge in [-0.15, -0.1) is 11.3 Å². The number of aromatic nitrogens is 1. The minimum atomic E-state index is -0.956. The van der Waals surface area contributed by atoms with E-state index in [9.17, 15) is 9.59 Å². The summed E-state index contributed by atoms with van der Waals surface area (Å²) in [5.41, 5.74) is 1.97. The van der Waals surface area contributed by atoms with E-state index in [-0.39, 0.29) is 30.3 Å². The van der Waals surface area contributed by atoms with E-state index in [2.05, 4.69) is 32.2 Å². The Balaban J connectivity index is 1.27. The maximum absolute atomic E-state index is 12.1. The lowest BCUT2D eigenvalue weighted by atomic mass is 9.47. The molecule has 3 fully saturated rings. The highest BCUT2D eigenvalue weighted by Gasteiger charge is 2.59. The predicted molar refractivity (Wildman–Crippen MR) is 139 cm³/mol. The molecule has 0 aliphatic heterocycles. The number of hydrogen-bond acceptors (Lipinski definition) is 6. The largest absolute Gasteiger partial charge is 0.481 e. The molecule has 1 heterocycles. The molecular weight excluding hydrogens is 474 g/mol. The minimum Gasteiger partial charge on any atom is -0.481 e. The van der Waals surface area contributed by atoms with Crippen molar-refractivity contribution >= 4 is 23.3 Å². The number of nitrogens with zero attached hydrogens (tertiary/aromatic N) is 1. The Kier molecular flexibility index (Phi) is 7.23. The van der Waals surface area contributed by atoms with E-state index in [0.29, 0.717) is 23.2 Å². The Bertz CT molecular complexity index is 1020. The molecule has 198 valence electrons. The number of ether oxygens (including phenoxy) is 2. The van der Waals surface area contributed by atoms with Gasteiger partial charge in [0.25, 0.3) is 0 Å². The summed E-state index contributed by atoms with van der Waals surface area (Å²) in [5, 5.41) is 12.2. The normalized spacial score (nSPS) is 37.3. The smallest absolute Gasteiger partial charge is 0.306 e. The third-order valence-electron chi connectivity index (χ3n) is 10.2. The maximum atomic E-state index is 12.1. The molecule has 4 aliphatic carbocycles. The lowest BCUT2D eigenvalue weighted by Gasteiger charge is -2.58. The maximum Gasteiger partial charge on any atom is 0.306 e. The number of fused-ring (bicyclic) bond motifs is 5. The molecule has 0 spiro atoms. The summed E-state index contributed by atoms with van der Waals surface area (Å²) in [7, 11) is 0. The van der Waals surface area contributed by atoms with Gasteiger partial charge in [-0.3, -0.25) is 9.59 Å². The molecule has 2 unspecified atom stereocenters. The van der Waals surface area contributed by atoms with Crippen molar-refractivity contribution in [1.82, 2.24) is 4.98 Å². The predicted octanol–water partition coefficient (Wildman–Crippen LogP) is 6.75. The summed E-state index contributed by atoms with van der Waals surface area (Å²) in [6.45, 7) is 7.85. The summed E-state index contributed by atoms with van der Waals surface area (Å²) < 4.78 is 11.5. The standard InChI is InChI=1S/C29H41NO5S/c1-4-15-34-24-17-36-27(30-24)23-8-7-21-20-6-5-18-16-19(35-26(33)10-9-25(31)32)11-13-28(18,2)22(20)12-14-29(21,23)3/h5,17,19-23H,4,6-16H2,1-3H3,(H,31,32)/t19-,20-,21?,22?,23+,28-,29-/m0/s1. The van der Waals surface area contributed by atoms with Crippen LogP contribution in [0, 0.1) is 28.6 Å². The molecule has 0 saturated heterocycles. The van der Waals surface area contributed by atoms with E-state index in [0.717, 1.165) is 50.5 Å². The summed E-state index contributed by atoms with van der Waals surface area (Å²) in [6, 6.07) is 0. The van der Waals surface area contributed by atoms with Gasteiger partial charge in [0.2, 0.25) is 5.88 Å². The highest BCUT2D eigenvalue weighted by Crippen LogP contribution is 2.68. The molecule has 1 N–H and O–H groups in total. The van der Waals surface area contributed by atoms with Crippen molar-refractivity contribution in [1.29, 1.82) is 0 Å². The summed E-state index contributed by atoms with van der Waals surface area (Å²) >= 11 is 1.79. The van der Waals surface area contributed by atoms with E-state index in [1.54, 1.807) is 11.3 Å². The van der Waals surface area contributed by atoms with Crippen molar-refractivity contribution in [3.8, 4) is 5.88 Å². The fourth-order valence-corrected chi connectivity index (χ4v) is 9.33. The van der Waals surface area contributed by atoms with Crippen molar-refractivity contribution < 1.29 is 24.2 Å². The number of rotatable bonds is 8. The summed E-state index contributed by atoms with van der Waals surface area (Å²) in [5.74, 6) is 2.14. The van der Waals surface area contributed by atoms with Gasteiger partial charge in [-0.2, -0.15) is 0 Å². The third-order valence-corrected chi connectivity index (χ3v) is 11.1. The second-order valence-electron chi connectivity index (χ2n) is 12.1. The monoisotopic (exact) mass is 515 g/mol. The van der Waals surface area contributed by atoms with E-state index in [4.69, 9.17) is 19.6 Å².